The summed E-state index contributed by atoms with van der Waals surface area (Å²) >= 11 is 0. The van der Waals surface area contributed by atoms with E-state index in [9.17, 15) is 8.42 Å². The van der Waals surface area contributed by atoms with Crippen molar-refractivity contribution < 1.29 is 41.6 Å². The van der Waals surface area contributed by atoms with E-state index < -0.39 is 19.4 Å². The number of likely N-dealkylation sites (tertiary alicyclic amines) is 1. The van der Waals surface area contributed by atoms with Gasteiger partial charge < -0.3 is 69.5 Å². The summed E-state index contributed by atoms with van der Waals surface area (Å²) in [6, 6.07) is 82.3. The number of aryl methyl sites for hydroxylation is 2. The number of ether oxygens (including phenoxy) is 7. The van der Waals surface area contributed by atoms with Gasteiger partial charge in [0, 0.05) is 135 Å². The molecule has 5 aliphatic rings. The Morgan fingerprint density at radius 2 is 1.00 bits per heavy atom. The van der Waals surface area contributed by atoms with Crippen molar-refractivity contribution in [1.29, 1.82) is 0 Å². The number of piperazine rings is 1. The van der Waals surface area contributed by atoms with Crippen LogP contribution in [0.4, 0.5) is 29.0 Å². The highest BCUT2D eigenvalue weighted by Crippen LogP contribution is 2.38. The van der Waals surface area contributed by atoms with E-state index in [0.29, 0.717) is 88.2 Å². The molecule has 32 heteroatoms. The van der Waals surface area contributed by atoms with Crippen molar-refractivity contribution in [3.8, 4) is 79.5 Å². The van der Waals surface area contributed by atoms with Crippen LogP contribution in [0.3, 0.4) is 0 Å². The summed E-state index contributed by atoms with van der Waals surface area (Å²) in [5.41, 5.74) is 24.3. The quantitative estimate of drug-likeness (QED) is 0.0245. The molecule has 0 spiro atoms. The second-order valence-electron chi connectivity index (χ2n) is 35.1. The highest BCUT2D eigenvalue weighted by atomic mass is 32.2. The number of hydrogen-bond donors (Lipinski definition) is 5. The fourth-order valence-corrected chi connectivity index (χ4v) is 20.5. The highest BCUT2D eigenvalue weighted by Gasteiger charge is 2.25. The largest absolute Gasteiger partial charge is 0.492 e. The van der Waals surface area contributed by atoms with Gasteiger partial charge in [-0.3, -0.25) is 0 Å². The van der Waals surface area contributed by atoms with Crippen LogP contribution < -0.4 is 59.7 Å². The van der Waals surface area contributed by atoms with Gasteiger partial charge in [-0.1, -0.05) is 86.6 Å². The van der Waals surface area contributed by atoms with Crippen LogP contribution in [0.2, 0.25) is 0 Å². The fourth-order valence-electron chi connectivity index (χ4n) is 17.7. The number of nitrogens with two attached hydrogens (primary N) is 1. The molecule has 139 heavy (non-hydrogen) atoms. The number of benzene rings is 8. The predicted molar refractivity (Wildman–Crippen MR) is 553 cm³/mol. The number of nitrogens with one attached hydrogen (secondary N) is 4. The number of rotatable bonds is 32. The molecular weight excluding hydrogens is 1790 g/mol. The lowest BCUT2D eigenvalue weighted by Gasteiger charge is -2.30. The first-order valence-corrected chi connectivity index (χ1v) is 51.3. The lowest BCUT2D eigenvalue weighted by atomic mass is 10.1. The minimum absolute atomic E-state index is 0.213. The van der Waals surface area contributed by atoms with Crippen molar-refractivity contribution >= 4 is 82.7 Å². The topological polar surface area (TPSA) is 307 Å². The smallest absolute Gasteiger partial charge is 0.247 e. The van der Waals surface area contributed by atoms with Gasteiger partial charge in [-0.15, -0.1) is 10.2 Å². The van der Waals surface area contributed by atoms with Gasteiger partial charge in [0.25, 0.3) is 0 Å². The Morgan fingerprint density at radius 3 is 1.54 bits per heavy atom. The molecule has 3 fully saturated rings. The van der Waals surface area contributed by atoms with Gasteiger partial charge in [-0.25, -0.2) is 45.5 Å². The minimum atomic E-state index is -2.56. The van der Waals surface area contributed by atoms with E-state index >= 15 is 0 Å². The molecule has 0 aliphatic carbocycles. The number of hydrogen-bond acceptors (Lipinski definition) is 24. The van der Waals surface area contributed by atoms with E-state index in [1.165, 1.54) is 55.7 Å². The summed E-state index contributed by atoms with van der Waals surface area (Å²) in [6.07, 6.45) is 8.59. The predicted octanol–water partition coefficient (Wildman–Crippen LogP) is 15.9. The van der Waals surface area contributed by atoms with Crippen LogP contribution in [0.15, 0.2) is 259 Å². The molecule has 8 aromatic heterocycles. The highest BCUT2D eigenvalue weighted by molar-refractivity contribution is 7.98. The molecule has 30 nitrogen and oxygen atoms in total. The number of pyridine rings is 4. The zero-order chi connectivity index (χ0) is 95.6. The Hall–Kier alpha value is -13.8. The van der Waals surface area contributed by atoms with E-state index in [4.69, 9.17) is 74.2 Å². The number of nitrogens with zero attached hydrogens (tertiary/aromatic N) is 16. The third-order valence-corrected chi connectivity index (χ3v) is 29.0. The number of fused-ring (bicyclic) bond motifs is 6. The molecule has 0 saturated carbocycles. The summed E-state index contributed by atoms with van der Waals surface area (Å²) in [5.74, 6) is 15.1. The molecule has 13 heterocycles. The van der Waals surface area contributed by atoms with Crippen LogP contribution in [0.1, 0.15) is 79.9 Å². The Balaban J connectivity index is 0.000000123. The van der Waals surface area contributed by atoms with Crippen LogP contribution in [0.25, 0.3) is 67.6 Å². The van der Waals surface area contributed by atoms with Crippen molar-refractivity contribution in [3.63, 3.8) is 0 Å². The zero-order valence-electron chi connectivity index (χ0n) is 79.5. The number of likely N-dealkylation sites (N-methyl/N-ethyl adjacent to an activating group) is 1. The van der Waals surface area contributed by atoms with Gasteiger partial charge in [0.05, 0.1) is 48.3 Å². The monoisotopic (exact) mass is 1910 g/mol. The molecule has 0 amide bonds. The Labute approximate surface area is 812 Å². The summed E-state index contributed by atoms with van der Waals surface area (Å²) in [4.78, 5) is 27.3. The van der Waals surface area contributed by atoms with Gasteiger partial charge in [0.15, 0.2) is 57.2 Å². The van der Waals surface area contributed by atoms with Crippen LogP contribution in [-0.4, -0.2) is 238 Å². The minimum Gasteiger partial charge on any atom is -0.492 e. The fraction of sp³-hybridized carbons (Fsp3) is 0.308. The molecule has 3 unspecified atom stereocenters. The standard InChI is InChI=1S/C30H35N5O2.C27H34N6O.C26H27N5O3S.C24H25N5O3S/c1-2-19-34(18-1)20-4-6-23-10-14-25(15-11-23)31-30-32-29-9-3-8-28(35(29)33-30)24-12-16-26(17-13-24)37-22-27-7-5-21-36-27;1-6-32(7-2)16-17-34-23-11-8-10-22(19-23)28-27-29-26-13-9-12-25(33(26)30-27)21-14-15-24(31(4)5)20(3)18-21;1-35(32,30-13-11-27-12-14-30)21-8-5-19(6-9-21)17-25-28-26-4-2-3-22(31(26)29-25)20-7-10-23-24(18-20)34-16-15-33-23;1-33(30,26-12-11-25)19-8-5-17(6-9-19)15-23-27-24-4-2-3-20(29(24)28-23)18-7-10-21-22(16-18)32-14-13-31-21/h3,8-17,27H,1-2,4-7,18-22H2,(H,31,33);8-15,18-19H,6-7,16-17H2,1-5H3,(H,28,30);2-10,18,27H,1,11-17H2;2-10,16H,1,11-15,25H2,(H,26,30). The van der Waals surface area contributed by atoms with Gasteiger partial charge in [-0.2, -0.15) is 20.2 Å². The van der Waals surface area contributed by atoms with Gasteiger partial charge >= 0.3 is 0 Å². The van der Waals surface area contributed by atoms with E-state index in [1.54, 1.807) is 0 Å². The van der Waals surface area contributed by atoms with Crippen molar-refractivity contribution in [2.24, 2.45) is 5.73 Å². The molecule has 16 aromatic rings. The van der Waals surface area contributed by atoms with Crippen LogP contribution in [0.5, 0.6) is 34.5 Å². The normalized spacial score (nSPS) is 15.5. The van der Waals surface area contributed by atoms with E-state index in [1.807, 2.05) is 204 Å². The Bertz CT molecular complexity index is 7100. The van der Waals surface area contributed by atoms with E-state index in [0.717, 1.165) is 207 Å². The first kappa shape index (κ1) is 95.5. The maximum absolute atomic E-state index is 13.3. The van der Waals surface area contributed by atoms with Crippen LogP contribution >= 0.6 is 0 Å². The van der Waals surface area contributed by atoms with Gasteiger partial charge in [-0.05, 0) is 282 Å². The molecule has 6 N–H and O–H groups in total. The molecule has 0 radical (unpaired) electrons. The van der Waals surface area contributed by atoms with Crippen molar-refractivity contribution in [1.82, 2.24) is 82.5 Å². The Morgan fingerprint density at radius 1 is 0.496 bits per heavy atom. The number of anilines is 5. The average Bonchev–Trinajstić information content (AvgIpc) is 1.65. The van der Waals surface area contributed by atoms with Gasteiger partial charge in [0.2, 0.25) is 11.9 Å². The molecule has 5 aliphatic heterocycles. The van der Waals surface area contributed by atoms with Crippen molar-refractivity contribution in [2.75, 3.05) is 154 Å². The Kier molecular flexibility index (Phi) is 30.8. The first-order chi connectivity index (χ1) is 67.9. The molecule has 720 valence electrons. The van der Waals surface area contributed by atoms with Crippen LogP contribution in [0, 0.1) is 6.92 Å². The summed E-state index contributed by atoms with van der Waals surface area (Å²) in [7, 11) is -0.919. The SMILES string of the molecule is C=S(=O)(NCCN)c1ccc(Cc2nc3cccc(-c4ccc5c(c4)OCCO5)n3n2)cc1.C=S(=O)(c1ccc(Cc2nc3cccc(-c4ccc5c(c4)OCCO5)n3n2)cc1)N1CCNCC1.CCN(CC)CCOc1cccc(Nc2nc3cccc(-c4ccc(N(C)C)c(C)c4)n3n2)c1.c1cc(-c2ccc(OCC3CCCO3)cc2)n2nc(Nc3ccc(CCCN4CCCC4)cc3)nc2c1. The van der Waals surface area contributed by atoms with E-state index in [-0.39, 0.29) is 6.10 Å². The van der Waals surface area contributed by atoms with E-state index in [2.05, 4.69) is 154 Å². The van der Waals surface area contributed by atoms with Crippen molar-refractivity contribution in [2.45, 2.75) is 88.0 Å². The molecule has 0 bridgehead atoms. The lowest BCUT2D eigenvalue weighted by molar-refractivity contribution is 0.0679. The molecular formula is C107H121N21O9S2. The summed E-state index contributed by atoms with van der Waals surface area (Å²) in [5, 5.41) is 29.0. The maximum atomic E-state index is 13.3. The lowest BCUT2D eigenvalue weighted by Crippen LogP contribution is -2.46. The average molecular weight is 1910 g/mol. The first-order valence-electron chi connectivity index (χ1n) is 47.9. The molecule has 21 rings (SSSR count). The third kappa shape index (κ3) is 23.8. The van der Waals surface area contributed by atoms with Crippen LogP contribution in [-0.2, 0) is 43.4 Å². The summed E-state index contributed by atoms with van der Waals surface area (Å²) in [6.45, 7) is 21.5. The number of aromatic nitrogens is 12. The summed E-state index contributed by atoms with van der Waals surface area (Å²) < 4.78 is 78.6. The zero-order valence-corrected chi connectivity index (χ0v) is 81.1. The van der Waals surface area contributed by atoms with Crippen molar-refractivity contribution in [3.05, 3.63) is 283 Å². The second kappa shape index (κ2) is 44.8. The maximum Gasteiger partial charge on any atom is 0.247 e. The van der Waals surface area contributed by atoms with Gasteiger partial charge in [0.1, 0.15) is 51.1 Å². The second-order valence-corrected chi connectivity index (χ2v) is 39.4. The molecule has 3 saturated heterocycles. The third-order valence-electron chi connectivity index (χ3n) is 25.1. The molecule has 8 aromatic carbocycles. The molecule has 3 atom stereocenters.